The van der Waals surface area contributed by atoms with Gasteiger partial charge in [-0.2, -0.15) is 0 Å². The summed E-state index contributed by atoms with van der Waals surface area (Å²) < 4.78 is 13.6. The number of aromatic amines is 1. The van der Waals surface area contributed by atoms with Crippen LogP contribution in [0.5, 0.6) is 0 Å². The van der Waals surface area contributed by atoms with Crippen molar-refractivity contribution in [2.45, 2.75) is 37.6 Å². The third kappa shape index (κ3) is 4.87. The standard InChI is InChI=1S/C26H26FN5O/c1-28-24-14-23(31-26(32-24)17-9-10-17)22(13-18-15-29-21-8-3-2-7-20(18)21)30-25(33)12-16-5-4-6-19(27)11-16/h2-8,11,14-15,17,22,29H,9-10,12-13H2,1H3,(H,30,33)(H,28,31,32)/t22-/m0/s1. The third-order valence-corrected chi connectivity index (χ3v) is 6.01. The summed E-state index contributed by atoms with van der Waals surface area (Å²) in [6.07, 6.45) is 4.83. The fourth-order valence-electron chi connectivity index (χ4n) is 4.14. The van der Waals surface area contributed by atoms with E-state index in [1.165, 1.54) is 12.1 Å². The van der Waals surface area contributed by atoms with Crippen LogP contribution in [-0.4, -0.2) is 27.9 Å². The fraction of sp³-hybridized carbons (Fsp3) is 0.269. The lowest BCUT2D eigenvalue weighted by molar-refractivity contribution is -0.121. The van der Waals surface area contributed by atoms with Gasteiger partial charge in [0.2, 0.25) is 5.91 Å². The number of aromatic nitrogens is 3. The molecule has 1 fully saturated rings. The van der Waals surface area contributed by atoms with Crippen molar-refractivity contribution < 1.29 is 9.18 Å². The number of nitrogens with zero attached hydrogens (tertiary/aromatic N) is 2. The first-order valence-electron chi connectivity index (χ1n) is 11.2. The number of nitrogens with one attached hydrogen (secondary N) is 3. The van der Waals surface area contributed by atoms with Crippen molar-refractivity contribution in [3.05, 3.63) is 89.3 Å². The van der Waals surface area contributed by atoms with E-state index < -0.39 is 0 Å². The Labute approximate surface area is 191 Å². The van der Waals surface area contributed by atoms with E-state index in [1.807, 2.05) is 37.5 Å². The molecule has 33 heavy (non-hydrogen) atoms. The number of H-pyrrole nitrogens is 1. The van der Waals surface area contributed by atoms with Gasteiger partial charge in [-0.15, -0.1) is 0 Å². The van der Waals surface area contributed by atoms with Crippen LogP contribution >= 0.6 is 0 Å². The molecule has 2 aromatic carbocycles. The second-order valence-electron chi connectivity index (χ2n) is 8.55. The predicted octanol–water partition coefficient (Wildman–Crippen LogP) is 4.66. The average Bonchev–Trinajstić information content (AvgIpc) is 3.60. The van der Waals surface area contributed by atoms with Crippen molar-refractivity contribution >= 4 is 22.6 Å². The molecule has 7 heteroatoms. The molecule has 1 aliphatic rings. The van der Waals surface area contributed by atoms with Gasteiger partial charge < -0.3 is 15.6 Å². The lowest BCUT2D eigenvalue weighted by Gasteiger charge is -2.20. The van der Waals surface area contributed by atoms with Gasteiger partial charge in [0.1, 0.15) is 17.5 Å². The van der Waals surface area contributed by atoms with Gasteiger partial charge in [-0.1, -0.05) is 30.3 Å². The summed E-state index contributed by atoms with van der Waals surface area (Å²) in [7, 11) is 1.83. The van der Waals surface area contributed by atoms with Gasteiger partial charge in [0, 0.05) is 42.6 Å². The van der Waals surface area contributed by atoms with Crippen LogP contribution < -0.4 is 10.6 Å². The molecule has 5 rings (SSSR count). The summed E-state index contributed by atoms with van der Waals surface area (Å²) in [4.78, 5) is 25.8. The van der Waals surface area contributed by atoms with E-state index in [2.05, 4.69) is 26.7 Å². The van der Waals surface area contributed by atoms with Crippen molar-refractivity contribution in [2.75, 3.05) is 12.4 Å². The quantitative estimate of drug-likeness (QED) is 0.370. The number of hydrogen-bond donors (Lipinski definition) is 3. The molecule has 2 aromatic heterocycles. The first-order valence-corrected chi connectivity index (χ1v) is 11.2. The summed E-state index contributed by atoms with van der Waals surface area (Å²) in [5.41, 5.74) is 3.55. The molecule has 1 amide bonds. The van der Waals surface area contributed by atoms with E-state index in [4.69, 9.17) is 4.98 Å². The molecule has 168 valence electrons. The molecule has 0 spiro atoms. The van der Waals surface area contributed by atoms with Crippen LogP contribution in [0, 0.1) is 5.82 Å². The topological polar surface area (TPSA) is 82.7 Å². The molecule has 6 nitrogen and oxygen atoms in total. The van der Waals surface area contributed by atoms with Gasteiger partial charge in [0.15, 0.2) is 0 Å². The second kappa shape index (κ2) is 9.02. The third-order valence-electron chi connectivity index (χ3n) is 6.01. The van der Waals surface area contributed by atoms with Crippen LogP contribution in [0.1, 0.15) is 47.4 Å². The highest BCUT2D eigenvalue weighted by Crippen LogP contribution is 2.39. The maximum absolute atomic E-state index is 13.6. The van der Waals surface area contributed by atoms with Gasteiger partial charge in [0.25, 0.3) is 0 Å². The van der Waals surface area contributed by atoms with Crippen molar-refractivity contribution in [1.29, 1.82) is 0 Å². The number of carbonyl (C=O) groups excluding carboxylic acids is 1. The minimum atomic E-state index is -0.349. The minimum Gasteiger partial charge on any atom is -0.373 e. The molecule has 1 saturated carbocycles. The number of fused-ring (bicyclic) bond motifs is 1. The number of carbonyl (C=O) groups is 1. The second-order valence-corrected chi connectivity index (χ2v) is 8.55. The van der Waals surface area contributed by atoms with Crippen molar-refractivity contribution in [1.82, 2.24) is 20.3 Å². The summed E-state index contributed by atoms with van der Waals surface area (Å²) in [6, 6.07) is 15.8. The lowest BCUT2D eigenvalue weighted by atomic mass is 10.0. The molecular weight excluding hydrogens is 417 g/mol. The zero-order valence-corrected chi connectivity index (χ0v) is 18.4. The van der Waals surface area contributed by atoms with E-state index in [0.717, 1.165) is 46.6 Å². The Morgan fingerprint density at radius 3 is 2.79 bits per heavy atom. The smallest absolute Gasteiger partial charge is 0.224 e. The number of para-hydroxylation sites is 1. The van der Waals surface area contributed by atoms with Crippen LogP contribution in [0.3, 0.4) is 0 Å². The normalized spacial score (nSPS) is 14.2. The Balaban J connectivity index is 1.46. The van der Waals surface area contributed by atoms with E-state index >= 15 is 0 Å². The lowest BCUT2D eigenvalue weighted by Crippen LogP contribution is -2.32. The highest BCUT2D eigenvalue weighted by molar-refractivity contribution is 5.83. The average molecular weight is 444 g/mol. The maximum Gasteiger partial charge on any atom is 0.224 e. The van der Waals surface area contributed by atoms with E-state index in [0.29, 0.717) is 17.9 Å². The van der Waals surface area contributed by atoms with Gasteiger partial charge in [-0.25, -0.2) is 14.4 Å². The molecule has 2 heterocycles. The van der Waals surface area contributed by atoms with Gasteiger partial charge in [-0.3, -0.25) is 4.79 Å². The van der Waals surface area contributed by atoms with Gasteiger partial charge in [-0.05, 0) is 42.2 Å². The summed E-state index contributed by atoms with van der Waals surface area (Å²) >= 11 is 0. The Morgan fingerprint density at radius 2 is 2.00 bits per heavy atom. The van der Waals surface area contributed by atoms with Crippen LogP contribution in [0.25, 0.3) is 10.9 Å². The molecule has 0 bridgehead atoms. The fourth-order valence-corrected chi connectivity index (χ4v) is 4.14. The van der Waals surface area contributed by atoms with E-state index in [1.54, 1.807) is 12.1 Å². The molecular formula is C26H26FN5O. The van der Waals surface area contributed by atoms with Crippen molar-refractivity contribution in [2.24, 2.45) is 0 Å². The number of amides is 1. The summed E-state index contributed by atoms with van der Waals surface area (Å²) in [6.45, 7) is 0. The van der Waals surface area contributed by atoms with Crippen LogP contribution in [0.15, 0.2) is 60.8 Å². The number of benzene rings is 2. The first-order chi connectivity index (χ1) is 16.1. The van der Waals surface area contributed by atoms with E-state index in [-0.39, 0.29) is 24.2 Å². The van der Waals surface area contributed by atoms with Crippen LogP contribution in [-0.2, 0) is 17.6 Å². The maximum atomic E-state index is 13.6. The van der Waals surface area contributed by atoms with Gasteiger partial charge in [0.05, 0.1) is 18.2 Å². The Kier molecular flexibility index (Phi) is 5.77. The molecule has 3 N–H and O–H groups in total. The highest BCUT2D eigenvalue weighted by Gasteiger charge is 2.29. The zero-order valence-electron chi connectivity index (χ0n) is 18.4. The zero-order chi connectivity index (χ0) is 22.8. The van der Waals surface area contributed by atoms with E-state index in [9.17, 15) is 9.18 Å². The molecule has 0 aliphatic heterocycles. The van der Waals surface area contributed by atoms with Crippen LogP contribution in [0.2, 0.25) is 0 Å². The highest BCUT2D eigenvalue weighted by atomic mass is 19.1. The predicted molar refractivity (Wildman–Crippen MR) is 127 cm³/mol. The van der Waals surface area contributed by atoms with Gasteiger partial charge >= 0.3 is 0 Å². The van der Waals surface area contributed by atoms with Crippen molar-refractivity contribution in [3.8, 4) is 0 Å². The van der Waals surface area contributed by atoms with Crippen molar-refractivity contribution in [3.63, 3.8) is 0 Å². The SMILES string of the molecule is CNc1cc([C@H](Cc2c[nH]c3ccccc23)NC(=O)Cc2cccc(F)c2)nc(C2CC2)n1. The molecule has 1 atom stereocenters. The monoisotopic (exact) mass is 443 g/mol. The number of rotatable bonds is 8. The molecule has 0 unspecified atom stereocenters. The van der Waals surface area contributed by atoms with Crippen LogP contribution in [0.4, 0.5) is 10.2 Å². The molecule has 0 radical (unpaired) electrons. The Morgan fingerprint density at radius 1 is 1.15 bits per heavy atom. The number of anilines is 1. The molecule has 1 aliphatic carbocycles. The summed E-state index contributed by atoms with van der Waals surface area (Å²) in [5.74, 6) is 1.42. The largest absolute Gasteiger partial charge is 0.373 e. The molecule has 0 saturated heterocycles. The molecule has 4 aromatic rings. The Hall–Kier alpha value is -3.74. The number of halogens is 1. The first kappa shape index (κ1) is 21.1. The summed E-state index contributed by atoms with van der Waals surface area (Å²) in [5, 5.41) is 7.39. The minimum absolute atomic E-state index is 0.0988. The Bertz CT molecular complexity index is 1300. The number of hydrogen-bond acceptors (Lipinski definition) is 4.